The average Bonchev–Trinajstić information content (AvgIpc) is 2.55. The van der Waals surface area contributed by atoms with Crippen LogP contribution in [-0.2, 0) is 4.79 Å². The molecule has 0 bridgehead atoms. The zero-order valence-corrected chi connectivity index (χ0v) is 16.7. The lowest BCUT2D eigenvalue weighted by atomic mass is 9.80. The van der Waals surface area contributed by atoms with Crippen LogP contribution < -0.4 is 0 Å². The van der Waals surface area contributed by atoms with Gasteiger partial charge >= 0.3 is 5.97 Å². The number of carboxylic acid groups (broad SMARTS) is 1. The van der Waals surface area contributed by atoms with Gasteiger partial charge in [-0.15, -0.1) is 0 Å². The highest BCUT2D eigenvalue weighted by Gasteiger charge is 2.24. The molecule has 2 aromatic carbocycles. The van der Waals surface area contributed by atoms with Crippen molar-refractivity contribution in [3.05, 3.63) is 57.1 Å². The number of halogens is 2. The van der Waals surface area contributed by atoms with E-state index in [1.165, 1.54) is 0 Å². The summed E-state index contributed by atoms with van der Waals surface area (Å²) in [5.41, 5.74) is 5.09. The molecule has 2 nitrogen and oxygen atoms in total. The fourth-order valence-electron chi connectivity index (χ4n) is 3.12. The van der Waals surface area contributed by atoms with Crippen LogP contribution in [0.3, 0.4) is 0 Å². The Labute approximate surface area is 159 Å². The van der Waals surface area contributed by atoms with Crippen molar-refractivity contribution < 1.29 is 9.90 Å². The molecule has 0 aromatic heterocycles. The van der Waals surface area contributed by atoms with Crippen LogP contribution in [0, 0.1) is 0 Å². The summed E-state index contributed by atoms with van der Waals surface area (Å²) in [7, 11) is 0. The van der Waals surface area contributed by atoms with E-state index in [-0.39, 0.29) is 11.8 Å². The molecule has 0 saturated carbocycles. The summed E-state index contributed by atoms with van der Waals surface area (Å²) in [5.74, 6) is -0.905. The van der Waals surface area contributed by atoms with Gasteiger partial charge in [-0.25, -0.2) is 0 Å². The van der Waals surface area contributed by atoms with Crippen LogP contribution in [0.5, 0.6) is 0 Å². The van der Waals surface area contributed by atoms with Gasteiger partial charge in [0, 0.05) is 0 Å². The van der Waals surface area contributed by atoms with E-state index in [1.54, 1.807) is 13.0 Å². The highest BCUT2D eigenvalue weighted by atomic mass is 35.5. The molecular formula is C21H24Cl2O2. The van der Waals surface area contributed by atoms with Gasteiger partial charge in [0.15, 0.2) is 0 Å². The molecule has 0 amide bonds. The maximum Gasteiger partial charge on any atom is 0.310 e. The maximum atomic E-state index is 11.7. The van der Waals surface area contributed by atoms with Gasteiger partial charge in [-0.3, -0.25) is 4.79 Å². The number of hydrogen-bond acceptors (Lipinski definition) is 1. The molecule has 0 aliphatic rings. The largest absolute Gasteiger partial charge is 0.481 e. The topological polar surface area (TPSA) is 37.3 Å². The van der Waals surface area contributed by atoms with E-state index in [1.807, 2.05) is 12.1 Å². The SMILES string of the molecule is CC(C)c1cc(-c2ccc(Cl)c(Cl)c2)cc(C(C)C)c1C(C)C(=O)O. The van der Waals surface area contributed by atoms with Crippen molar-refractivity contribution in [2.45, 2.75) is 52.4 Å². The van der Waals surface area contributed by atoms with Gasteiger partial charge < -0.3 is 5.11 Å². The second-order valence-corrected chi connectivity index (χ2v) is 7.88. The van der Waals surface area contributed by atoms with Crippen molar-refractivity contribution in [3.63, 3.8) is 0 Å². The van der Waals surface area contributed by atoms with Crippen LogP contribution in [0.25, 0.3) is 11.1 Å². The first kappa shape index (κ1) is 19.8. The summed E-state index contributed by atoms with van der Waals surface area (Å²) < 4.78 is 0. The van der Waals surface area contributed by atoms with Crippen LogP contribution in [0.2, 0.25) is 10.0 Å². The standard InChI is InChI=1S/C21H24Cl2O2/c1-11(2)16-8-15(14-6-7-18(22)19(23)10-14)9-17(12(3)4)20(16)13(5)21(24)25/h6-13H,1-5H3,(H,24,25). The fraction of sp³-hybridized carbons (Fsp3) is 0.381. The minimum absolute atomic E-state index is 0.219. The molecule has 0 saturated heterocycles. The molecule has 25 heavy (non-hydrogen) atoms. The summed E-state index contributed by atoms with van der Waals surface area (Å²) in [4.78, 5) is 11.7. The van der Waals surface area contributed by atoms with Gasteiger partial charge in [-0.05, 0) is 58.7 Å². The minimum Gasteiger partial charge on any atom is -0.481 e. The lowest BCUT2D eigenvalue weighted by Gasteiger charge is -2.24. The van der Waals surface area contributed by atoms with Crippen LogP contribution in [0.4, 0.5) is 0 Å². The molecule has 1 N–H and O–H groups in total. The van der Waals surface area contributed by atoms with E-state index in [9.17, 15) is 9.90 Å². The van der Waals surface area contributed by atoms with Crippen molar-refractivity contribution in [2.75, 3.05) is 0 Å². The molecule has 1 unspecified atom stereocenters. The molecule has 0 fully saturated rings. The smallest absolute Gasteiger partial charge is 0.310 e. The van der Waals surface area contributed by atoms with Crippen LogP contribution in [0.15, 0.2) is 30.3 Å². The second-order valence-electron chi connectivity index (χ2n) is 7.07. The minimum atomic E-state index is -0.800. The van der Waals surface area contributed by atoms with Crippen LogP contribution >= 0.6 is 23.2 Å². The molecule has 4 heteroatoms. The Morgan fingerprint density at radius 3 is 1.76 bits per heavy atom. The number of carbonyl (C=O) groups is 1. The van der Waals surface area contributed by atoms with Gasteiger partial charge in [-0.2, -0.15) is 0 Å². The summed E-state index contributed by atoms with van der Waals surface area (Å²) >= 11 is 12.2. The quantitative estimate of drug-likeness (QED) is 0.602. The Bertz CT molecular complexity index is 765. The average molecular weight is 379 g/mol. The molecule has 0 radical (unpaired) electrons. The van der Waals surface area contributed by atoms with E-state index < -0.39 is 11.9 Å². The molecule has 134 valence electrons. The van der Waals surface area contributed by atoms with Crippen molar-refractivity contribution in [2.24, 2.45) is 0 Å². The molecule has 2 aromatic rings. The fourth-order valence-corrected chi connectivity index (χ4v) is 3.42. The monoisotopic (exact) mass is 378 g/mol. The lowest BCUT2D eigenvalue weighted by molar-refractivity contribution is -0.138. The van der Waals surface area contributed by atoms with E-state index in [4.69, 9.17) is 23.2 Å². The number of carboxylic acids is 1. The Morgan fingerprint density at radius 2 is 1.36 bits per heavy atom. The Hall–Kier alpha value is -1.51. The summed E-state index contributed by atoms with van der Waals surface area (Å²) in [6, 6.07) is 9.76. The van der Waals surface area contributed by atoms with Gasteiger partial charge in [0.2, 0.25) is 0 Å². The second kappa shape index (κ2) is 7.80. The Morgan fingerprint density at radius 1 is 0.840 bits per heavy atom. The van der Waals surface area contributed by atoms with E-state index >= 15 is 0 Å². The van der Waals surface area contributed by atoms with E-state index in [2.05, 4.69) is 39.8 Å². The third kappa shape index (κ3) is 4.19. The van der Waals surface area contributed by atoms with Crippen molar-refractivity contribution in [3.8, 4) is 11.1 Å². The predicted molar refractivity (Wildman–Crippen MR) is 106 cm³/mol. The van der Waals surface area contributed by atoms with Gasteiger partial charge in [0.25, 0.3) is 0 Å². The third-order valence-corrected chi connectivity index (χ3v) is 5.28. The number of hydrogen-bond donors (Lipinski definition) is 1. The first-order chi connectivity index (χ1) is 11.6. The zero-order valence-electron chi connectivity index (χ0n) is 15.2. The molecule has 0 spiro atoms. The number of benzene rings is 2. The van der Waals surface area contributed by atoms with Crippen molar-refractivity contribution in [1.82, 2.24) is 0 Å². The lowest BCUT2D eigenvalue weighted by Crippen LogP contribution is -2.14. The van der Waals surface area contributed by atoms with Crippen molar-refractivity contribution in [1.29, 1.82) is 0 Å². The predicted octanol–water partition coefficient (Wildman–Crippen LogP) is 7.10. The summed E-state index contributed by atoms with van der Waals surface area (Å²) in [6.07, 6.45) is 0. The van der Waals surface area contributed by atoms with E-state index in [0.29, 0.717) is 10.0 Å². The molecule has 0 heterocycles. The summed E-state index contributed by atoms with van der Waals surface area (Å²) in [6.45, 7) is 10.1. The highest BCUT2D eigenvalue weighted by molar-refractivity contribution is 6.42. The van der Waals surface area contributed by atoms with Gasteiger partial charge in [-0.1, -0.05) is 69.1 Å². The highest BCUT2D eigenvalue weighted by Crippen LogP contribution is 2.38. The molecule has 0 aliphatic heterocycles. The molecule has 2 rings (SSSR count). The first-order valence-electron chi connectivity index (χ1n) is 8.49. The number of rotatable bonds is 5. The van der Waals surface area contributed by atoms with Crippen LogP contribution in [-0.4, -0.2) is 11.1 Å². The van der Waals surface area contributed by atoms with Gasteiger partial charge in [0.05, 0.1) is 16.0 Å². The Balaban J connectivity index is 2.76. The molecule has 1 atom stereocenters. The van der Waals surface area contributed by atoms with Gasteiger partial charge in [0.1, 0.15) is 0 Å². The van der Waals surface area contributed by atoms with Crippen molar-refractivity contribution >= 4 is 29.2 Å². The Kier molecular flexibility index (Phi) is 6.18. The zero-order chi connectivity index (χ0) is 18.9. The molecular weight excluding hydrogens is 355 g/mol. The van der Waals surface area contributed by atoms with E-state index in [0.717, 1.165) is 27.8 Å². The molecule has 0 aliphatic carbocycles. The van der Waals surface area contributed by atoms with Crippen LogP contribution in [0.1, 0.15) is 69.1 Å². The normalized spacial score (nSPS) is 12.7. The summed E-state index contributed by atoms with van der Waals surface area (Å²) in [5, 5.41) is 10.6. The maximum absolute atomic E-state index is 11.7. The third-order valence-electron chi connectivity index (χ3n) is 4.54. The number of aliphatic carboxylic acids is 1. The first-order valence-corrected chi connectivity index (χ1v) is 9.25.